The zero-order valence-electron chi connectivity index (χ0n) is 18.4. The molecule has 5 rings (SSSR count). The van der Waals surface area contributed by atoms with Gasteiger partial charge in [-0.15, -0.1) is 23.1 Å². The van der Waals surface area contributed by atoms with Gasteiger partial charge in [0.1, 0.15) is 22.2 Å². The number of thioether (sulfide) groups is 1. The van der Waals surface area contributed by atoms with E-state index >= 15 is 0 Å². The summed E-state index contributed by atoms with van der Waals surface area (Å²) in [6, 6.07) is 11.5. The Bertz CT molecular complexity index is 1490. The molecule has 0 saturated carbocycles. The van der Waals surface area contributed by atoms with Crippen molar-refractivity contribution < 1.29 is 4.42 Å². The van der Waals surface area contributed by atoms with Crippen LogP contribution in [0.5, 0.6) is 0 Å². The third-order valence-electron chi connectivity index (χ3n) is 5.10. The fourth-order valence-electron chi connectivity index (χ4n) is 3.37. The van der Waals surface area contributed by atoms with Crippen LogP contribution in [0.1, 0.15) is 29.4 Å². The fourth-order valence-corrected chi connectivity index (χ4v) is 5.11. The van der Waals surface area contributed by atoms with Gasteiger partial charge in [0.25, 0.3) is 5.56 Å². The summed E-state index contributed by atoms with van der Waals surface area (Å²) >= 11 is 2.97. The van der Waals surface area contributed by atoms with Crippen LogP contribution < -0.4 is 16.6 Å². The summed E-state index contributed by atoms with van der Waals surface area (Å²) in [4.78, 5) is 34.0. The molecule has 1 aromatic carbocycles. The van der Waals surface area contributed by atoms with Crippen molar-refractivity contribution in [1.82, 2.24) is 24.9 Å². The van der Waals surface area contributed by atoms with Gasteiger partial charge in [-0.05, 0) is 38.1 Å². The molecule has 0 aliphatic carbocycles. The molecule has 4 heterocycles. The number of H-pyrrole nitrogens is 1. The van der Waals surface area contributed by atoms with E-state index in [0.29, 0.717) is 39.3 Å². The van der Waals surface area contributed by atoms with E-state index in [9.17, 15) is 4.79 Å². The van der Waals surface area contributed by atoms with E-state index in [1.165, 1.54) is 11.3 Å². The lowest BCUT2D eigenvalue weighted by atomic mass is 10.2. The molecule has 9 nitrogen and oxygen atoms in total. The number of nitrogens with zero attached hydrogens (tertiary/aromatic N) is 4. The van der Waals surface area contributed by atoms with Gasteiger partial charge in [-0.25, -0.2) is 4.98 Å². The number of nitrogens with one attached hydrogen (secondary N) is 2. The molecule has 0 bridgehead atoms. The minimum absolute atomic E-state index is 0.0993. The van der Waals surface area contributed by atoms with Gasteiger partial charge in [-0.2, -0.15) is 15.0 Å². The van der Waals surface area contributed by atoms with E-state index < -0.39 is 0 Å². The summed E-state index contributed by atoms with van der Waals surface area (Å²) in [5, 5.41) is 5.49. The van der Waals surface area contributed by atoms with Crippen LogP contribution in [0.15, 0.2) is 57.3 Å². The number of rotatable bonds is 7. The summed E-state index contributed by atoms with van der Waals surface area (Å²) < 4.78 is 5.46. The first-order valence-corrected chi connectivity index (χ1v) is 12.4. The zero-order chi connectivity index (χ0) is 23.7. The largest absolute Gasteiger partial charge is 0.464 e. The molecule has 0 saturated heterocycles. The summed E-state index contributed by atoms with van der Waals surface area (Å²) in [5.41, 5.74) is 8.49. The van der Waals surface area contributed by atoms with E-state index in [2.05, 4.69) is 30.2 Å². The number of benzene rings is 1. The van der Waals surface area contributed by atoms with Crippen molar-refractivity contribution in [3.8, 4) is 11.3 Å². The number of hydrogen-bond donors (Lipinski definition) is 3. The van der Waals surface area contributed by atoms with Gasteiger partial charge in [-0.1, -0.05) is 17.7 Å². The predicted octanol–water partition coefficient (Wildman–Crippen LogP) is 5.06. The van der Waals surface area contributed by atoms with Gasteiger partial charge in [-0.3, -0.25) is 4.79 Å². The third kappa shape index (κ3) is 4.66. The number of aromatic nitrogens is 5. The number of furan rings is 1. The molecule has 0 spiro atoms. The average molecular weight is 492 g/mol. The summed E-state index contributed by atoms with van der Waals surface area (Å²) in [6.45, 7) is 4.00. The smallest absolute Gasteiger partial charge is 0.260 e. The van der Waals surface area contributed by atoms with Crippen LogP contribution in [-0.4, -0.2) is 24.9 Å². The molecule has 172 valence electrons. The molecule has 11 heteroatoms. The molecule has 4 N–H and O–H groups in total. The Kier molecular flexibility index (Phi) is 6.03. The molecule has 0 aliphatic rings. The van der Waals surface area contributed by atoms with Gasteiger partial charge in [0.15, 0.2) is 0 Å². The van der Waals surface area contributed by atoms with Crippen LogP contribution in [0.3, 0.4) is 0 Å². The Labute approximate surface area is 202 Å². The molecule has 34 heavy (non-hydrogen) atoms. The highest BCUT2D eigenvalue weighted by molar-refractivity contribution is 7.98. The van der Waals surface area contributed by atoms with E-state index in [4.69, 9.17) is 10.2 Å². The topological polar surface area (TPSA) is 136 Å². The first-order valence-electron chi connectivity index (χ1n) is 10.5. The highest BCUT2D eigenvalue weighted by atomic mass is 32.2. The molecular weight excluding hydrogens is 470 g/mol. The standard InChI is InChI=1S/C23H21N7O2S2/c1-12-5-7-14(8-6-12)25-23-27-17(26-22(24)30-23)11-33-13(2)19-28-20(31)18-15(10-34-21(18)29-19)16-4-3-9-32-16/h3-10,13H,11H2,1-2H3,(H,28,29,31)(H3,24,25,26,27,30). The van der Waals surface area contributed by atoms with E-state index in [1.807, 2.05) is 49.6 Å². The first kappa shape index (κ1) is 22.1. The summed E-state index contributed by atoms with van der Waals surface area (Å²) in [5.74, 6) is 2.78. The second-order valence-electron chi connectivity index (χ2n) is 7.64. The molecule has 0 radical (unpaired) electrons. The molecule has 1 unspecified atom stereocenters. The lowest BCUT2D eigenvalue weighted by Crippen LogP contribution is -2.12. The highest BCUT2D eigenvalue weighted by Gasteiger charge is 2.18. The number of nitrogens with two attached hydrogens (primary N) is 1. The van der Waals surface area contributed by atoms with Gasteiger partial charge in [0, 0.05) is 16.6 Å². The lowest BCUT2D eigenvalue weighted by molar-refractivity contribution is 0.583. The number of hydrogen-bond acceptors (Lipinski definition) is 10. The van der Waals surface area contributed by atoms with Crippen molar-refractivity contribution >= 4 is 50.9 Å². The number of thiophene rings is 1. The maximum atomic E-state index is 12.8. The van der Waals surface area contributed by atoms with E-state index in [0.717, 1.165) is 16.8 Å². The van der Waals surface area contributed by atoms with Crippen LogP contribution in [0.2, 0.25) is 0 Å². The minimum atomic E-state index is -0.186. The van der Waals surface area contributed by atoms with Crippen molar-refractivity contribution in [2.24, 2.45) is 0 Å². The Morgan fingerprint density at radius 1 is 1.18 bits per heavy atom. The SMILES string of the molecule is Cc1ccc(Nc2nc(N)nc(CSC(C)c3nc4scc(-c5ccco5)c4c(=O)[nH]3)n2)cc1. The molecule has 4 aromatic heterocycles. The van der Waals surface area contributed by atoms with Crippen molar-refractivity contribution in [2.45, 2.75) is 24.9 Å². The van der Waals surface area contributed by atoms with Crippen LogP contribution in [-0.2, 0) is 5.75 Å². The van der Waals surface area contributed by atoms with Crippen molar-refractivity contribution in [3.05, 3.63) is 75.6 Å². The Balaban J connectivity index is 1.32. The molecule has 1 atom stereocenters. The Hall–Kier alpha value is -3.70. The van der Waals surface area contributed by atoms with Crippen LogP contribution in [0.4, 0.5) is 17.6 Å². The first-order chi connectivity index (χ1) is 16.5. The number of fused-ring (bicyclic) bond motifs is 1. The van der Waals surface area contributed by atoms with E-state index in [1.54, 1.807) is 24.1 Å². The lowest BCUT2D eigenvalue weighted by Gasteiger charge is -2.11. The van der Waals surface area contributed by atoms with Gasteiger partial charge >= 0.3 is 0 Å². The van der Waals surface area contributed by atoms with Crippen LogP contribution in [0.25, 0.3) is 21.5 Å². The maximum absolute atomic E-state index is 12.8. The highest BCUT2D eigenvalue weighted by Crippen LogP contribution is 2.33. The second kappa shape index (κ2) is 9.27. The predicted molar refractivity (Wildman–Crippen MR) is 136 cm³/mol. The minimum Gasteiger partial charge on any atom is -0.464 e. The van der Waals surface area contributed by atoms with Gasteiger partial charge in [0.05, 0.1) is 22.7 Å². The molecule has 0 amide bonds. The summed E-state index contributed by atoms with van der Waals surface area (Å²) in [7, 11) is 0. The van der Waals surface area contributed by atoms with Crippen LogP contribution >= 0.6 is 23.1 Å². The van der Waals surface area contributed by atoms with E-state index in [-0.39, 0.29) is 16.8 Å². The Morgan fingerprint density at radius 3 is 2.76 bits per heavy atom. The molecule has 5 aromatic rings. The van der Waals surface area contributed by atoms with Gasteiger partial charge in [0.2, 0.25) is 11.9 Å². The zero-order valence-corrected chi connectivity index (χ0v) is 20.0. The average Bonchev–Trinajstić information content (AvgIpc) is 3.48. The monoisotopic (exact) mass is 491 g/mol. The quantitative estimate of drug-likeness (QED) is 0.285. The van der Waals surface area contributed by atoms with Crippen molar-refractivity contribution in [2.75, 3.05) is 11.1 Å². The normalized spacial score (nSPS) is 12.2. The number of aromatic amines is 1. The van der Waals surface area contributed by atoms with Gasteiger partial charge < -0.3 is 20.5 Å². The molecule has 0 fully saturated rings. The fraction of sp³-hybridized carbons (Fsp3) is 0.174. The molecular formula is C23H21N7O2S2. The van der Waals surface area contributed by atoms with Crippen molar-refractivity contribution in [3.63, 3.8) is 0 Å². The maximum Gasteiger partial charge on any atom is 0.260 e. The third-order valence-corrected chi connectivity index (χ3v) is 7.12. The number of anilines is 3. The van der Waals surface area contributed by atoms with Crippen molar-refractivity contribution in [1.29, 1.82) is 0 Å². The number of aryl methyl sites for hydroxylation is 1. The van der Waals surface area contributed by atoms with Crippen LogP contribution in [0, 0.1) is 6.92 Å². The Morgan fingerprint density at radius 2 is 2.00 bits per heavy atom. The number of nitrogen functional groups attached to an aromatic ring is 1. The second-order valence-corrected chi connectivity index (χ2v) is 9.82. The summed E-state index contributed by atoms with van der Waals surface area (Å²) in [6.07, 6.45) is 1.59. The molecule has 0 aliphatic heterocycles.